The summed E-state index contributed by atoms with van der Waals surface area (Å²) >= 11 is 0. The predicted molar refractivity (Wildman–Crippen MR) is 149 cm³/mol. The molecule has 0 atom stereocenters. The molecule has 0 bridgehead atoms. The first-order chi connectivity index (χ1) is 19.3. The minimum Gasteiger partial charge on any atom is -0.366 e. The average Bonchev–Trinajstić information content (AvgIpc) is 2.98. The Balaban J connectivity index is 1.03. The van der Waals surface area contributed by atoms with Gasteiger partial charge in [0.2, 0.25) is 5.91 Å². The Morgan fingerprint density at radius 2 is 1.57 bits per heavy atom. The fourth-order valence-corrected chi connectivity index (χ4v) is 5.42. The Morgan fingerprint density at radius 1 is 0.850 bits per heavy atom. The molecule has 2 N–H and O–H groups in total. The SMILES string of the molecule is O=C(NCc1cccc(C(F)(F)F)c1)C1CCN(c2ccc(NC3CCN(Cc4ccccc4)CC3)nn2)CC1. The number of benzene rings is 2. The second-order valence-corrected chi connectivity index (χ2v) is 10.6. The van der Waals surface area contributed by atoms with Gasteiger partial charge in [-0.3, -0.25) is 9.69 Å². The third kappa shape index (κ3) is 7.50. The summed E-state index contributed by atoms with van der Waals surface area (Å²) in [5.41, 5.74) is 1.07. The number of hydrogen-bond acceptors (Lipinski definition) is 6. The average molecular weight is 553 g/mol. The number of halogens is 3. The molecule has 0 unspecified atom stereocenters. The van der Waals surface area contributed by atoms with Crippen LogP contribution >= 0.6 is 0 Å². The van der Waals surface area contributed by atoms with Crippen LogP contribution in [0.4, 0.5) is 24.8 Å². The topological polar surface area (TPSA) is 73.4 Å². The van der Waals surface area contributed by atoms with Crippen LogP contribution in [0.3, 0.4) is 0 Å². The van der Waals surface area contributed by atoms with E-state index in [9.17, 15) is 18.0 Å². The van der Waals surface area contributed by atoms with E-state index in [-0.39, 0.29) is 18.4 Å². The minimum absolute atomic E-state index is 0.0783. The second kappa shape index (κ2) is 12.7. The van der Waals surface area contributed by atoms with Crippen LogP contribution in [0.25, 0.3) is 0 Å². The quantitative estimate of drug-likeness (QED) is 0.405. The van der Waals surface area contributed by atoms with Gasteiger partial charge in [-0.2, -0.15) is 13.2 Å². The molecule has 7 nitrogen and oxygen atoms in total. The molecule has 10 heteroatoms. The zero-order chi connectivity index (χ0) is 28.0. The number of hydrogen-bond donors (Lipinski definition) is 2. The third-order valence-electron chi connectivity index (χ3n) is 7.75. The maximum atomic E-state index is 12.9. The van der Waals surface area contributed by atoms with Crippen molar-refractivity contribution < 1.29 is 18.0 Å². The highest BCUT2D eigenvalue weighted by atomic mass is 19.4. The molecule has 0 aliphatic carbocycles. The molecule has 0 radical (unpaired) electrons. The Hall–Kier alpha value is -3.66. The van der Waals surface area contributed by atoms with Gasteiger partial charge in [-0.15, -0.1) is 10.2 Å². The summed E-state index contributed by atoms with van der Waals surface area (Å²) in [5.74, 6) is 1.25. The summed E-state index contributed by atoms with van der Waals surface area (Å²) in [6.45, 7) is 4.48. The molecule has 0 saturated carbocycles. The number of carbonyl (C=O) groups is 1. The highest BCUT2D eigenvalue weighted by molar-refractivity contribution is 5.79. The zero-order valence-corrected chi connectivity index (χ0v) is 22.4. The standard InChI is InChI=1S/C30H35F3N6O/c31-30(32,33)25-8-4-7-23(19-25)20-34-29(40)24-11-17-39(18-12-24)28-10-9-27(36-37-28)35-26-13-15-38(16-14-26)21-22-5-2-1-3-6-22/h1-10,19,24,26H,11-18,20-21H2,(H,34,40)(H,35,36). The van der Waals surface area contributed by atoms with Crippen molar-refractivity contribution >= 4 is 17.5 Å². The molecule has 0 spiro atoms. The smallest absolute Gasteiger partial charge is 0.366 e. The van der Waals surface area contributed by atoms with Crippen LogP contribution in [0, 0.1) is 5.92 Å². The van der Waals surface area contributed by atoms with Gasteiger partial charge in [-0.25, -0.2) is 0 Å². The van der Waals surface area contributed by atoms with Gasteiger partial charge < -0.3 is 15.5 Å². The van der Waals surface area contributed by atoms with E-state index < -0.39 is 11.7 Å². The Morgan fingerprint density at radius 3 is 2.25 bits per heavy atom. The molecule has 3 aromatic rings. The molecule has 2 aliphatic heterocycles. The van der Waals surface area contributed by atoms with E-state index in [1.165, 1.54) is 11.6 Å². The normalized spacial score (nSPS) is 17.5. The number of carbonyl (C=O) groups excluding carboxylic acids is 1. The minimum atomic E-state index is -4.40. The molecule has 212 valence electrons. The maximum Gasteiger partial charge on any atom is 0.416 e. The summed E-state index contributed by atoms with van der Waals surface area (Å²) in [6.07, 6.45) is -0.987. The van der Waals surface area contributed by atoms with Gasteiger partial charge in [0.25, 0.3) is 0 Å². The number of aromatic nitrogens is 2. The summed E-state index contributed by atoms with van der Waals surface area (Å²) < 4.78 is 38.8. The van der Waals surface area contributed by atoms with Crippen LogP contribution in [0.1, 0.15) is 42.4 Å². The van der Waals surface area contributed by atoms with Crippen LogP contribution in [-0.4, -0.2) is 53.2 Å². The lowest BCUT2D eigenvalue weighted by Gasteiger charge is -2.33. The van der Waals surface area contributed by atoms with E-state index >= 15 is 0 Å². The van der Waals surface area contributed by atoms with E-state index in [4.69, 9.17) is 0 Å². The number of likely N-dealkylation sites (tertiary alicyclic amines) is 1. The van der Waals surface area contributed by atoms with Crippen molar-refractivity contribution in [3.63, 3.8) is 0 Å². The number of alkyl halides is 3. The van der Waals surface area contributed by atoms with Crippen molar-refractivity contribution in [3.8, 4) is 0 Å². The van der Waals surface area contributed by atoms with Crippen LogP contribution in [0.5, 0.6) is 0 Å². The van der Waals surface area contributed by atoms with Gasteiger partial charge in [0.05, 0.1) is 5.56 Å². The number of nitrogens with one attached hydrogen (secondary N) is 2. The number of amides is 1. The fraction of sp³-hybridized carbons (Fsp3) is 0.433. The van der Waals surface area contributed by atoms with E-state index in [1.54, 1.807) is 6.07 Å². The van der Waals surface area contributed by atoms with E-state index in [2.05, 4.69) is 54.9 Å². The van der Waals surface area contributed by atoms with Gasteiger partial charge in [-0.1, -0.05) is 42.5 Å². The molecular weight excluding hydrogens is 517 g/mol. The Kier molecular flexibility index (Phi) is 8.84. The zero-order valence-electron chi connectivity index (χ0n) is 22.4. The maximum absolute atomic E-state index is 12.9. The molecule has 5 rings (SSSR count). The van der Waals surface area contributed by atoms with Crippen LogP contribution in [0.15, 0.2) is 66.7 Å². The Bertz CT molecular complexity index is 1240. The van der Waals surface area contributed by atoms with Crippen molar-refractivity contribution in [1.29, 1.82) is 0 Å². The lowest BCUT2D eigenvalue weighted by Crippen LogP contribution is -2.41. The first-order valence-electron chi connectivity index (χ1n) is 13.9. The first-order valence-corrected chi connectivity index (χ1v) is 13.9. The largest absolute Gasteiger partial charge is 0.416 e. The lowest BCUT2D eigenvalue weighted by atomic mass is 9.95. The van der Waals surface area contributed by atoms with Gasteiger partial charge in [0, 0.05) is 51.2 Å². The van der Waals surface area contributed by atoms with Gasteiger partial charge in [0.15, 0.2) is 5.82 Å². The molecule has 40 heavy (non-hydrogen) atoms. The van der Waals surface area contributed by atoms with Crippen molar-refractivity contribution in [2.24, 2.45) is 5.92 Å². The number of nitrogens with zero attached hydrogens (tertiary/aromatic N) is 4. The molecule has 3 heterocycles. The van der Waals surface area contributed by atoms with Crippen molar-refractivity contribution in [2.75, 3.05) is 36.4 Å². The molecule has 2 saturated heterocycles. The highest BCUT2D eigenvalue weighted by Gasteiger charge is 2.30. The predicted octanol–water partition coefficient (Wildman–Crippen LogP) is 5.10. The van der Waals surface area contributed by atoms with E-state index in [1.807, 2.05) is 18.2 Å². The molecular formula is C30H35F3N6O. The van der Waals surface area contributed by atoms with Crippen LogP contribution in [0.2, 0.25) is 0 Å². The summed E-state index contributed by atoms with van der Waals surface area (Å²) in [5, 5.41) is 15.1. The molecule has 2 aliphatic rings. The molecule has 1 aromatic heterocycles. The highest BCUT2D eigenvalue weighted by Crippen LogP contribution is 2.29. The van der Waals surface area contributed by atoms with Gasteiger partial charge in [0.1, 0.15) is 5.82 Å². The van der Waals surface area contributed by atoms with E-state index in [0.717, 1.165) is 56.2 Å². The van der Waals surface area contributed by atoms with Crippen LogP contribution in [-0.2, 0) is 24.1 Å². The second-order valence-electron chi connectivity index (χ2n) is 10.6. The molecule has 2 fully saturated rings. The third-order valence-corrected chi connectivity index (χ3v) is 7.75. The first kappa shape index (κ1) is 27.9. The van der Waals surface area contributed by atoms with Crippen molar-refractivity contribution in [1.82, 2.24) is 20.4 Å². The summed E-state index contributed by atoms with van der Waals surface area (Å²) in [7, 11) is 0. The lowest BCUT2D eigenvalue weighted by molar-refractivity contribution is -0.137. The van der Waals surface area contributed by atoms with Crippen molar-refractivity contribution in [3.05, 3.63) is 83.4 Å². The number of anilines is 2. The molecule has 2 aromatic carbocycles. The fourth-order valence-electron chi connectivity index (χ4n) is 5.42. The van der Waals surface area contributed by atoms with Gasteiger partial charge >= 0.3 is 6.18 Å². The number of piperidine rings is 2. The summed E-state index contributed by atoms with van der Waals surface area (Å²) in [6, 6.07) is 19.9. The summed E-state index contributed by atoms with van der Waals surface area (Å²) in [4.78, 5) is 17.3. The van der Waals surface area contributed by atoms with Gasteiger partial charge in [-0.05, 0) is 61.1 Å². The monoisotopic (exact) mass is 552 g/mol. The van der Waals surface area contributed by atoms with Crippen molar-refractivity contribution in [2.45, 2.75) is 51.0 Å². The Labute approximate surface area is 232 Å². The van der Waals surface area contributed by atoms with Crippen LogP contribution < -0.4 is 15.5 Å². The van der Waals surface area contributed by atoms with E-state index in [0.29, 0.717) is 37.5 Å². The number of rotatable bonds is 8. The molecule has 1 amide bonds.